The van der Waals surface area contributed by atoms with Gasteiger partial charge in [-0.1, -0.05) is 0 Å². The van der Waals surface area contributed by atoms with Crippen molar-refractivity contribution >= 4 is 25.2 Å². The van der Waals surface area contributed by atoms with Crippen LogP contribution in [-0.2, 0) is 37.8 Å². The monoisotopic (exact) mass is 300 g/mol. The fourth-order valence-corrected chi connectivity index (χ4v) is 1.03. The molecule has 0 aromatic heterocycles. The molecule has 1 heterocycles. The molecule has 0 radical (unpaired) electrons. The molecule has 1 unspecified atom stereocenters. The van der Waals surface area contributed by atoms with Crippen molar-refractivity contribution in [3.8, 4) is 0 Å². The first-order valence-electron chi connectivity index (χ1n) is 5.02. The molecule has 1 fully saturated rings. The van der Waals surface area contributed by atoms with Gasteiger partial charge in [0.2, 0.25) is 0 Å². The first-order chi connectivity index (χ1) is 9.23. The molecule has 0 aromatic carbocycles. The lowest BCUT2D eigenvalue weighted by Crippen LogP contribution is -2.33. The van der Waals surface area contributed by atoms with Crippen LogP contribution in [0.2, 0.25) is 0 Å². The van der Waals surface area contributed by atoms with Gasteiger partial charge in [0.1, 0.15) is 0 Å². The quantitative estimate of drug-likeness (QED) is 0.380. The van der Waals surface area contributed by atoms with Gasteiger partial charge >= 0.3 is 31.4 Å². The summed E-state index contributed by atoms with van der Waals surface area (Å²) in [5.41, 5.74) is 0. The summed E-state index contributed by atoms with van der Waals surface area (Å²) in [7, 11) is -0.776. The predicted octanol–water partition coefficient (Wildman–Crippen LogP) is -0.792. The van der Waals surface area contributed by atoms with Crippen LogP contribution in [-0.4, -0.2) is 57.8 Å². The van der Waals surface area contributed by atoms with Crippen molar-refractivity contribution < 1.29 is 51.0 Å². The molecule has 0 aliphatic carbocycles. The molecule has 0 aromatic rings. The Morgan fingerprint density at radius 3 is 2.50 bits per heavy atom. The maximum Gasteiger partial charge on any atom is 0.716 e. The van der Waals surface area contributed by atoms with Crippen molar-refractivity contribution in [1.29, 1.82) is 0 Å². The Kier molecular flexibility index (Phi) is 5.33. The van der Waals surface area contributed by atoms with Crippen molar-refractivity contribution in [3.63, 3.8) is 0 Å². The topological polar surface area (TPSA) is 97.4 Å². The molecule has 1 aliphatic rings. The van der Waals surface area contributed by atoms with Crippen LogP contribution in [0, 0.1) is 0 Å². The Bertz CT molecular complexity index is 398. The van der Waals surface area contributed by atoms with Crippen molar-refractivity contribution in [1.82, 2.24) is 0 Å². The Labute approximate surface area is 110 Å². The Morgan fingerprint density at radius 2 is 1.95 bits per heavy atom. The van der Waals surface area contributed by atoms with Crippen LogP contribution in [0.25, 0.3) is 0 Å². The van der Waals surface area contributed by atoms with Gasteiger partial charge in [-0.15, -0.1) is 0 Å². The smallest absolute Gasteiger partial charge is 0.476 e. The van der Waals surface area contributed by atoms with E-state index in [1.165, 1.54) is 0 Å². The van der Waals surface area contributed by atoms with Gasteiger partial charge in [0.15, 0.2) is 12.7 Å². The van der Waals surface area contributed by atoms with E-state index in [4.69, 9.17) is 0 Å². The number of carbonyl (C=O) groups is 3. The van der Waals surface area contributed by atoms with E-state index in [0.29, 0.717) is 0 Å². The van der Waals surface area contributed by atoms with Gasteiger partial charge in [0.25, 0.3) is 0 Å². The van der Waals surface area contributed by atoms with Crippen molar-refractivity contribution in [2.45, 2.75) is 12.3 Å². The third-order valence-corrected chi connectivity index (χ3v) is 1.86. The Morgan fingerprint density at radius 1 is 1.30 bits per heavy atom. The number of rotatable bonds is 3. The van der Waals surface area contributed by atoms with E-state index in [1.54, 1.807) is 0 Å². The second-order valence-corrected chi connectivity index (χ2v) is 3.37. The molecular weight excluding hydrogens is 292 g/mol. The van der Waals surface area contributed by atoms with Crippen LogP contribution < -0.4 is 0 Å². The number of hydrogen-bond acceptors (Lipinski definition) is 8. The maximum absolute atomic E-state index is 11.8. The van der Waals surface area contributed by atoms with E-state index in [1.807, 2.05) is 0 Å². The fourth-order valence-electron chi connectivity index (χ4n) is 1.03. The maximum atomic E-state index is 11.8. The lowest BCUT2D eigenvalue weighted by atomic mass is 10.2. The average Bonchev–Trinajstić information content (AvgIpc) is 2.82. The summed E-state index contributed by atoms with van der Waals surface area (Å²) in [6.45, 7) is -2.27. The third kappa shape index (κ3) is 5.05. The van der Waals surface area contributed by atoms with Gasteiger partial charge < -0.3 is 23.4 Å². The van der Waals surface area contributed by atoms with Crippen LogP contribution >= 0.6 is 0 Å². The highest BCUT2D eigenvalue weighted by molar-refractivity contribution is 6.46. The van der Waals surface area contributed by atoms with E-state index in [-0.39, 0.29) is 0 Å². The number of ether oxygens (including phenoxy) is 2. The standard InChI is InChI=1S/C8H8BF3O8/c1-16-6(14)7(15)20-9-18-2-4(19-9)5(13)17-3-8(10,11)12/h4H,2-3H2,1H3. The molecule has 1 rings (SSSR count). The van der Waals surface area contributed by atoms with Crippen molar-refractivity contribution in [2.75, 3.05) is 20.3 Å². The SMILES string of the molecule is COC(=O)C(=O)OB1OCC(C(=O)OCC(F)(F)F)O1. The number of halogens is 3. The highest BCUT2D eigenvalue weighted by atomic mass is 19.4. The van der Waals surface area contributed by atoms with Gasteiger partial charge in [-0.25, -0.2) is 14.4 Å². The zero-order valence-electron chi connectivity index (χ0n) is 9.97. The summed E-state index contributed by atoms with van der Waals surface area (Å²) in [4.78, 5) is 32.8. The second kappa shape index (κ2) is 6.57. The average molecular weight is 300 g/mol. The molecule has 0 N–H and O–H groups in total. The summed E-state index contributed by atoms with van der Waals surface area (Å²) in [5.74, 6) is -4.11. The van der Waals surface area contributed by atoms with Crippen LogP contribution in [0.3, 0.4) is 0 Å². The van der Waals surface area contributed by atoms with E-state index in [9.17, 15) is 27.6 Å². The lowest BCUT2D eigenvalue weighted by Gasteiger charge is -2.11. The molecule has 0 bridgehead atoms. The normalized spacial score (nSPS) is 18.6. The Hall–Kier alpha value is -1.82. The summed E-state index contributed by atoms with van der Waals surface area (Å²) < 4.78 is 56.9. The van der Waals surface area contributed by atoms with Crippen LogP contribution in [0.4, 0.5) is 13.2 Å². The van der Waals surface area contributed by atoms with Crippen LogP contribution in [0.5, 0.6) is 0 Å². The van der Waals surface area contributed by atoms with Gasteiger partial charge in [0, 0.05) is 0 Å². The zero-order valence-corrected chi connectivity index (χ0v) is 9.97. The van der Waals surface area contributed by atoms with Crippen LogP contribution in [0.1, 0.15) is 0 Å². The van der Waals surface area contributed by atoms with Gasteiger partial charge in [-0.2, -0.15) is 13.2 Å². The molecule has 112 valence electrons. The van der Waals surface area contributed by atoms with Crippen molar-refractivity contribution in [2.24, 2.45) is 0 Å². The minimum atomic E-state index is -4.67. The van der Waals surface area contributed by atoms with Crippen LogP contribution in [0.15, 0.2) is 0 Å². The minimum Gasteiger partial charge on any atom is -0.476 e. The molecule has 20 heavy (non-hydrogen) atoms. The number of esters is 2. The molecule has 1 atom stereocenters. The van der Waals surface area contributed by atoms with E-state index >= 15 is 0 Å². The predicted molar refractivity (Wildman–Crippen MR) is 51.7 cm³/mol. The van der Waals surface area contributed by atoms with Gasteiger partial charge in [-0.05, 0) is 0 Å². The van der Waals surface area contributed by atoms with E-state index in [2.05, 4.69) is 23.4 Å². The molecule has 8 nitrogen and oxygen atoms in total. The molecule has 12 heteroatoms. The highest BCUT2D eigenvalue weighted by Crippen LogP contribution is 2.17. The molecule has 0 spiro atoms. The molecule has 1 saturated heterocycles. The Balaban J connectivity index is 2.38. The van der Waals surface area contributed by atoms with Gasteiger partial charge in [0.05, 0.1) is 13.7 Å². The fraction of sp³-hybridized carbons (Fsp3) is 0.625. The van der Waals surface area contributed by atoms with Crippen molar-refractivity contribution in [3.05, 3.63) is 0 Å². The molecule has 0 saturated carbocycles. The third-order valence-electron chi connectivity index (χ3n) is 1.86. The highest BCUT2D eigenvalue weighted by Gasteiger charge is 2.43. The minimum absolute atomic E-state index is 0.490. The van der Waals surface area contributed by atoms with E-state index in [0.717, 1.165) is 7.11 Å². The lowest BCUT2D eigenvalue weighted by molar-refractivity contribution is -0.190. The zero-order chi connectivity index (χ0) is 15.3. The van der Waals surface area contributed by atoms with Gasteiger partial charge in [-0.3, -0.25) is 0 Å². The summed E-state index contributed by atoms with van der Waals surface area (Å²) in [6, 6.07) is 0. The second-order valence-electron chi connectivity index (χ2n) is 3.37. The number of hydrogen-bond donors (Lipinski definition) is 0. The molecule has 1 aliphatic heterocycles. The number of methoxy groups -OCH3 is 1. The summed E-state index contributed by atoms with van der Waals surface area (Å²) in [5, 5.41) is 0. The largest absolute Gasteiger partial charge is 0.716 e. The summed E-state index contributed by atoms with van der Waals surface area (Å²) in [6.07, 6.45) is -6.17. The number of carbonyl (C=O) groups excluding carboxylic acids is 3. The first kappa shape index (κ1) is 16.2. The number of alkyl halides is 3. The first-order valence-corrected chi connectivity index (χ1v) is 5.02. The van der Waals surface area contributed by atoms with E-state index < -0.39 is 50.7 Å². The molecular formula is C8H8BF3O8. The molecule has 0 amide bonds. The summed E-state index contributed by atoms with van der Waals surface area (Å²) >= 11 is 0.